The lowest BCUT2D eigenvalue weighted by Gasteiger charge is -2.09. The lowest BCUT2D eigenvalue weighted by Crippen LogP contribution is -2.03. The molecular weight excluding hydrogens is 290 g/mol. The Balaban J connectivity index is 1.50. The van der Waals surface area contributed by atoms with E-state index >= 15 is 0 Å². The van der Waals surface area contributed by atoms with Gasteiger partial charge in [0, 0.05) is 18.7 Å². The summed E-state index contributed by atoms with van der Waals surface area (Å²) in [5, 5.41) is 15.1. The van der Waals surface area contributed by atoms with E-state index in [1.165, 1.54) is 11.1 Å². The first-order chi connectivity index (χ1) is 11.3. The van der Waals surface area contributed by atoms with Crippen LogP contribution in [-0.4, -0.2) is 26.8 Å². The second-order valence-corrected chi connectivity index (χ2v) is 5.58. The van der Waals surface area contributed by atoms with E-state index in [2.05, 4.69) is 39.0 Å². The van der Waals surface area contributed by atoms with E-state index in [1.807, 2.05) is 31.2 Å². The molecule has 0 saturated heterocycles. The summed E-state index contributed by atoms with van der Waals surface area (Å²) in [6.45, 7) is 3.44. The van der Waals surface area contributed by atoms with E-state index in [1.54, 1.807) is 4.68 Å². The van der Waals surface area contributed by atoms with Crippen molar-refractivity contribution in [3.63, 3.8) is 0 Å². The molecule has 1 aliphatic rings. The summed E-state index contributed by atoms with van der Waals surface area (Å²) in [7, 11) is 0. The van der Waals surface area contributed by atoms with Crippen molar-refractivity contribution in [2.75, 3.05) is 11.9 Å². The number of anilines is 1. The van der Waals surface area contributed by atoms with Gasteiger partial charge in [-0.2, -0.15) is 4.68 Å². The fourth-order valence-electron chi connectivity index (χ4n) is 2.77. The van der Waals surface area contributed by atoms with Crippen LogP contribution in [0.1, 0.15) is 17.0 Å². The van der Waals surface area contributed by atoms with Gasteiger partial charge >= 0.3 is 0 Å². The number of nitrogens with zero attached hydrogens (tertiary/aromatic N) is 4. The first kappa shape index (κ1) is 13.8. The smallest absolute Gasteiger partial charge is 0.153 e. The maximum absolute atomic E-state index is 5.54. The molecule has 1 aromatic heterocycles. The van der Waals surface area contributed by atoms with Crippen LogP contribution in [-0.2, 0) is 13.0 Å². The number of aryl methyl sites for hydroxylation is 1. The number of aromatic nitrogens is 4. The molecule has 0 fully saturated rings. The number of tetrazole rings is 1. The van der Waals surface area contributed by atoms with Gasteiger partial charge in [-0.1, -0.05) is 18.2 Å². The van der Waals surface area contributed by atoms with Crippen LogP contribution >= 0.6 is 0 Å². The fraction of sp³-hybridized carbons (Fsp3) is 0.235. The van der Waals surface area contributed by atoms with Gasteiger partial charge in [0.05, 0.1) is 12.3 Å². The number of hydrogen-bond donors (Lipinski definition) is 1. The van der Waals surface area contributed by atoms with Crippen molar-refractivity contribution in [3.8, 4) is 11.4 Å². The van der Waals surface area contributed by atoms with Crippen LogP contribution in [0.3, 0.4) is 0 Å². The van der Waals surface area contributed by atoms with Gasteiger partial charge in [-0.05, 0) is 52.7 Å². The predicted molar refractivity (Wildman–Crippen MR) is 86.9 cm³/mol. The maximum Gasteiger partial charge on any atom is 0.153 e. The molecule has 6 heteroatoms. The van der Waals surface area contributed by atoms with Crippen molar-refractivity contribution < 1.29 is 4.74 Å². The van der Waals surface area contributed by atoms with Crippen molar-refractivity contribution >= 4 is 5.69 Å². The predicted octanol–water partition coefficient (Wildman–Crippen LogP) is 2.52. The Kier molecular flexibility index (Phi) is 3.42. The van der Waals surface area contributed by atoms with Crippen LogP contribution in [0.5, 0.6) is 5.75 Å². The van der Waals surface area contributed by atoms with Gasteiger partial charge in [-0.15, -0.1) is 5.10 Å². The van der Waals surface area contributed by atoms with E-state index < -0.39 is 0 Å². The van der Waals surface area contributed by atoms with Gasteiger partial charge in [-0.3, -0.25) is 0 Å². The topological polar surface area (TPSA) is 64.9 Å². The van der Waals surface area contributed by atoms with Gasteiger partial charge in [0.1, 0.15) is 5.75 Å². The summed E-state index contributed by atoms with van der Waals surface area (Å²) in [6, 6.07) is 14.4. The second-order valence-electron chi connectivity index (χ2n) is 5.58. The molecule has 116 valence electrons. The standard InChI is InChI=1S/C17H17N5O/c1-12-19-20-21-22(12)16-4-2-3-15(10-16)18-11-13-5-6-17-14(9-13)7-8-23-17/h2-6,9-10,18H,7-8,11H2,1H3. The van der Waals surface area contributed by atoms with E-state index in [4.69, 9.17) is 4.74 Å². The third kappa shape index (κ3) is 2.75. The molecule has 1 N–H and O–H groups in total. The van der Waals surface area contributed by atoms with Crippen molar-refractivity contribution in [2.24, 2.45) is 0 Å². The number of hydrogen-bond acceptors (Lipinski definition) is 5. The Morgan fingerprint density at radius 2 is 2.17 bits per heavy atom. The summed E-state index contributed by atoms with van der Waals surface area (Å²) in [6.07, 6.45) is 0.997. The normalized spacial score (nSPS) is 12.7. The highest BCUT2D eigenvalue weighted by Crippen LogP contribution is 2.26. The first-order valence-electron chi connectivity index (χ1n) is 7.63. The molecule has 1 aliphatic heterocycles. The Morgan fingerprint density at radius 1 is 1.22 bits per heavy atom. The molecule has 0 spiro atoms. The molecule has 0 atom stereocenters. The lowest BCUT2D eigenvalue weighted by molar-refractivity contribution is 0.357. The maximum atomic E-state index is 5.54. The molecule has 0 bridgehead atoms. The van der Waals surface area contributed by atoms with Crippen molar-refractivity contribution in [2.45, 2.75) is 19.9 Å². The minimum Gasteiger partial charge on any atom is -0.493 e. The van der Waals surface area contributed by atoms with Gasteiger partial charge < -0.3 is 10.1 Å². The Labute approximate surface area is 134 Å². The molecule has 4 rings (SSSR count). The molecule has 6 nitrogen and oxygen atoms in total. The molecule has 3 aromatic rings. The van der Waals surface area contributed by atoms with Gasteiger partial charge in [-0.25, -0.2) is 0 Å². The third-order valence-electron chi connectivity index (χ3n) is 3.97. The Hall–Kier alpha value is -2.89. The molecule has 2 aromatic carbocycles. The van der Waals surface area contributed by atoms with Gasteiger partial charge in [0.25, 0.3) is 0 Å². The molecule has 23 heavy (non-hydrogen) atoms. The van der Waals surface area contributed by atoms with E-state index in [0.29, 0.717) is 0 Å². The average molecular weight is 307 g/mol. The summed E-state index contributed by atoms with van der Waals surface area (Å²) in [5.41, 5.74) is 4.52. The number of ether oxygens (including phenoxy) is 1. The minimum atomic E-state index is 0.765. The first-order valence-corrected chi connectivity index (χ1v) is 7.63. The molecule has 2 heterocycles. The zero-order valence-electron chi connectivity index (χ0n) is 12.9. The largest absolute Gasteiger partial charge is 0.493 e. The molecule has 0 saturated carbocycles. The van der Waals surface area contributed by atoms with Crippen LogP contribution < -0.4 is 10.1 Å². The van der Waals surface area contributed by atoms with E-state index in [-0.39, 0.29) is 0 Å². The fourth-order valence-corrected chi connectivity index (χ4v) is 2.77. The monoisotopic (exact) mass is 307 g/mol. The lowest BCUT2D eigenvalue weighted by atomic mass is 10.1. The molecule has 0 aliphatic carbocycles. The van der Waals surface area contributed by atoms with Crippen LogP contribution in [0, 0.1) is 6.92 Å². The van der Waals surface area contributed by atoms with Crippen LogP contribution in [0.2, 0.25) is 0 Å². The van der Waals surface area contributed by atoms with Crippen molar-refractivity contribution in [1.82, 2.24) is 20.2 Å². The zero-order chi connectivity index (χ0) is 15.6. The summed E-state index contributed by atoms with van der Waals surface area (Å²) >= 11 is 0. The Bertz CT molecular complexity index is 843. The SMILES string of the molecule is Cc1nnnn1-c1cccc(NCc2ccc3c(c2)CCO3)c1. The number of benzene rings is 2. The molecule has 0 unspecified atom stereocenters. The third-order valence-corrected chi connectivity index (χ3v) is 3.97. The zero-order valence-corrected chi connectivity index (χ0v) is 12.9. The quantitative estimate of drug-likeness (QED) is 0.802. The Morgan fingerprint density at radius 3 is 3.04 bits per heavy atom. The minimum absolute atomic E-state index is 0.765. The van der Waals surface area contributed by atoms with Gasteiger partial charge in [0.2, 0.25) is 0 Å². The van der Waals surface area contributed by atoms with Crippen LogP contribution in [0.4, 0.5) is 5.69 Å². The highest BCUT2D eigenvalue weighted by Gasteiger charge is 2.11. The average Bonchev–Trinajstić information content (AvgIpc) is 3.21. The number of fused-ring (bicyclic) bond motifs is 1. The molecular formula is C17H17N5O. The van der Waals surface area contributed by atoms with Crippen LogP contribution in [0.15, 0.2) is 42.5 Å². The molecule has 0 radical (unpaired) electrons. The summed E-state index contributed by atoms with van der Waals surface area (Å²) in [4.78, 5) is 0. The highest BCUT2D eigenvalue weighted by molar-refractivity contribution is 5.51. The van der Waals surface area contributed by atoms with Gasteiger partial charge in [0.15, 0.2) is 5.82 Å². The number of rotatable bonds is 4. The second kappa shape index (κ2) is 5.72. The molecule has 0 amide bonds. The van der Waals surface area contributed by atoms with Crippen molar-refractivity contribution in [3.05, 3.63) is 59.4 Å². The highest BCUT2D eigenvalue weighted by atomic mass is 16.5. The van der Waals surface area contributed by atoms with Crippen LogP contribution in [0.25, 0.3) is 5.69 Å². The van der Waals surface area contributed by atoms with E-state index in [9.17, 15) is 0 Å². The van der Waals surface area contributed by atoms with Crippen molar-refractivity contribution in [1.29, 1.82) is 0 Å². The summed E-state index contributed by atoms with van der Waals surface area (Å²) < 4.78 is 7.26. The van der Waals surface area contributed by atoms with E-state index in [0.717, 1.165) is 42.5 Å². The number of nitrogens with one attached hydrogen (secondary N) is 1. The summed E-state index contributed by atoms with van der Waals surface area (Å²) in [5.74, 6) is 1.78.